The predicted octanol–water partition coefficient (Wildman–Crippen LogP) is 3.31. The van der Waals surface area contributed by atoms with Crippen molar-refractivity contribution < 1.29 is 4.74 Å². The molecule has 0 saturated carbocycles. The van der Waals surface area contributed by atoms with Crippen molar-refractivity contribution in [2.75, 3.05) is 27.2 Å². The Kier molecular flexibility index (Phi) is 5.13. The van der Waals surface area contributed by atoms with Gasteiger partial charge in [-0.15, -0.1) is 0 Å². The molecule has 0 bridgehead atoms. The fourth-order valence-corrected chi connectivity index (χ4v) is 2.61. The Balaban J connectivity index is 1.79. The maximum Gasteiger partial charge on any atom is 0.128 e. The molecule has 0 spiro atoms. The maximum atomic E-state index is 5.97. The molecule has 3 rings (SSSR count). The SMILES string of the molecule is CNCCN(C)Cc1n[nH]c2ccc(Oc3ccc(C)cc3)cc12. The van der Waals surface area contributed by atoms with Crippen molar-refractivity contribution in [2.45, 2.75) is 13.5 Å². The summed E-state index contributed by atoms with van der Waals surface area (Å²) in [7, 11) is 4.07. The van der Waals surface area contributed by atoms with Gasteiger partial charge in [0.25, 0.3) is 0 Å². The van der Waals surface area contributed by atoms with Crippen LogP contribution in [0.1, 0.15) is 11.3 Å². The summed E-state index contributed by atoms with van der Waals surface area (Å²) in [6.45, 7) is 4.80. The lowest BCUT2D eigenvalue weighted by Crippen LogP contribution is -2.27. The highest BCUT2D eigenvalue weighted by atomic mass is 16.5. The van der Waals surface area contributed by atoms with Gasteiger partial charge < -0.3 is 10.1 Å². The second-order valence-corrected chi connectivity index (χ2v) is 6.13. The van der Waals surface area contributed by atoms with Gasteiger partial charge in [-0.25, -0.2) is 0 Å². The summed E-state index contributed by atoms with van der Waals surface area (Å²) >= 11 is 0. The van der Waals surface area contributed by atoms with Gasteiger partial charge in [-0.2, -0.15) is 5.10 Å². The van der Waals surface area contributed by atoms with Crippen molar-refractivity contribution >= 4 is 10.9 Å². The van der Waals surface area contributed by atoms with Gasteiger partial charge in [-0.1, -0.05) is 17.7 Å². The van der Waals surface area contributed by atoms with Gasteiger partial charge in [0, 0.05) is 25.0 Å². The van der Waals surface area contributed by atoms with Gasteiger partial charge in [0.15, 0.2) is 0 Å². The lowest BCUT2D eigenvalue weighted by molar-refractivity contribution is 0.325. The Bertz CT molecular complexity index is 795. The zero-order valence-electron chi connectivity index (χ0n) is 14.5. The average Bonchev–Trinajstić information content (AvgIpc) is 2.97. The molecule has 5 nitrogen and oxygen atoms in total. The predicted molar refractivity (Wildman–Crippen MR) is 97.6 cm³/mol. The number of rotatable bonds is 7. The number of nitrogens with one attached hydrogen (secondary N) is 2. The molecule has 0 amide bonds. The van der Waals surface area contributed by atoms with Gasteiger partial charge in [0.1, 0.15) is 11.5 Å². The third kappa shape index (κ3) is 3.93. The lowest BCUT2D eigenvalue weighted by Gasteiger charge is -2.14. The van der Waals surface area contributed by atoms with E-state index in [1.165, 1.54) is 5.56 Å². The van der Waals surface area contributed by atoms with E-state index >= 15 is 0 Å². The van der Waals surface area contributed by atoms with Crippen molar-refractivity contribution in [1.29, 1.82) is 0 Å². The largest absolute Gasteiger partial charge is 0.457 e. The van der Waals surface area contributed by atoms with E-state index in [4.69, 9.17) is 4.74 Å². The van der Waals surface area contributed by atoms with E-state index in [1.54, 1.807) is 0 Å². The molecule has 24 heavy (non-hydrogen) atoms. The number of likely N-dealkylation sites (N-methyl/N-ethyl adjacent to an activating group) is 2. The topological polar surface area (TPSA) is 53.2 Å². The zero-order chi connectivity index (χ0) is 16.9. The van der Waals surface area contributed by atoms with E-state index in [1.807, 2.05) is 43.4 Å². The Labute approximate surface area is 142 Å². The molecule has 0 atom stereocenters. The number of aromatic amines is 1. The van der Waals surface area contributed by atoms with Crippen LogP contribution in [0.4, 0.5) is 0 Å². The Morgan fingerprint density at radius 3 is 2.62 bits per heavy atom. The van der Waals surface area contributed by atoms with Gasteiger partial charge in [-0.3, -0.25) is 10.00 Å². The summed E-state index contributed by atoms with van der Waals surface area (Å²) in [6, 6.07) is 14.1. The van der Waals surface area contributed by atoms with Crippen LogP contribution in [0.2, 0.25) is 0 Å². The molecule has 0 saturated heterocycles. The van der Waals surface area contributed by atoms with Gasteiger partial charge in [-0.05, 0) is 51.4 Å². The molecular formula is C19H24N4O. The third-order valence-electron chi connectivity index (χ3n) is 4.03. The number of aryl methyl sites for hydroxylation is 1. The minimum atomic E-state index is 0.801. The molecule has 3 aromatic rings. The van der Waals surface area contributed by atoms with Crippen molar-refractivity contribution in [2.24, 2.45) is 0 Å². The molecule has 5 heteroatoms. The van der Waals surface area contributed by atoms with E-state index in [0.717, 1.165) is 47.7 Å². The molecule has 0 unspecified atom stereocenters. The second-order valence-electron chi connectivity index (χ2n) is 6.13. The monoisotopic (exact) mass is 324 g/mol. The van der Waals surface area contributed by atoms with Crippen LogP contribution in [0.3, 0.4) is 0 Å². The number of nitrogens with zero attached hydrogens (tertiary/aromatic N) is 2. The van der Waals surface area contributed by atoms with Gasteiger partial charge in [0.05, 0.1) is 11.2 Å². The molecule has 1 aromatic heterocycles. The van der Waals surface area contributed by atoms with Gasteiger partial charge >= 0.3 is 0 Å². The number of H-pyrrole nitrogens is 1. The van der Waals surface area contributed by atoms with Crippen LogP contribution in [0.25, 0.3) is 10.9 Å². The molecule has 1 heterocycles. The first-order valence-corrected chi connectivity index (χ1v) is 8.20. The van der Waals surface area contributed by atoms with E-state index in [0.29, 0.717) is 0 Å². The summed E-state index contributed by atoms with van der Waals surface area (Å²) in [5, 5.41) is 11.8. The average molecular weight is 324 g/mol. The molecule has 0 aliphatic carbocycles. The number of fused-ring (bicyclic) bond motifs is 1. The highest BCUT2D eigenvalue weighted by Crippen LogP contribution is 2.27. The smallest absolute Gasteiger partial charge is 0.128 e. The normalized spacial score (nSPS) is 11.3. The van der Waals surface area contributed by atoms with Crippen molar-refractivity contribution in [3.8, 4) is 11.5 Å². The summed E-state index contributed by atoms with van der Waals surface area (Å²) in [5.41, 5.74) is 3.29. The molecule has 0 fully saturated rings. The van der Waals surface area contributed by atoms with Crippen molar-refractivity contribution in [3.63, 3.8) is 0 Å². The fourth-order valence-electron chi connectivity index (χ4n) is 2.61. The molecular weight excluding hydrogens is 300 g/mol. The van der Waals surface area contributed by atoms with E-state index in [-0.39, 0.29) is 0 Å². The second kappa shape index (κ2) is 7.47. The van der Waals surface area contributed by atoms with Crippen molar-refractivity contribution in [1.82, 2.24) is 20.4 Å². The fraction of sp³-hybridized carbons (Fsp3) is 0.316. The molecule has 0 aliphatic rings. The van der Waals surface area contributed by atoms with Crippen LogP contribution >= 0.6 is 0 Å². The summed E-state index contributed by atoms with van der Waals surface area (Å²) < 4.78 is 5.97. The Morgan fingerprint density at radius 2 is 1.88 bits per heavy atom. The molecule has 0 aliphatic heterocycles. The van der Waals surface area contributed by atoms with Crippen molar-refractivity contribution in [3.05, 3.63) is 53.7 Å². The van der Waals surface area contributed by atoms with Crippen LogP contribution < -0.4 is 10.1 Å². The Morgan fingerprint density at radius 1 is 1.12 bits per heavy atom. The molecule has 126 valence electrons. The van der Waals surface area contributed by atoms with Crippen LogP contribution in [0.5, 0.6) is 11.5 Å². The van der Waals surface area contributed by atoms with E-state index in [9.17, 15) is 0 Å². The first-order chi connectivity index (χ1) is 11.7. The minimum absolute atomic E-state index is 0.801. The van der Waals surface area contributed by atoms with E-state index in [2.05, 4.69) is 40.5 Å². The third-order valence-corrected chi connectivity index (χ3v) is 4.03. The first kappa shape index (κ1) is 16.5. The minimum Gasteiger partial charge on any atom is -0.457 e. The number of hydrogen-bond acceptors (Lipinski definition) is 4. The number of aromatic nitrogens is 2. The van der Waals surface area contributed by atoms with E-state index < -0.39 is 0 Å². The summed E-state index contributed by atoms with van der Waals surface area (Å²) in [4.78, 5) is 2.25. The van der Waals surface area contributed by atoms with Gasteiger partial charge in [0.2, 0.25) is 0 Å². The molecule has 2 N–H and O–H groups in total. The van der Waals surface area contributed by atoms with Crippen LogP contribution in [-0.4, -0.2) is 42.3 Å². The highest BCUT2D eigenvalue weighted by molar-refractivity contribution is 5.82. The van der Waals surface area contributed by atoms with Crippen LogP contribution in [-0.2, 0) is 6.54 Å². The zero-order valence-corrected chi connectivity index (χ0v) is 14.5. The number of ether oxygens (including phenoxy) is 1. The molecule has 2 aromatic carbocycles. The number of benzene rings is 2. The summed E-state index contributed by atoms with van der Waals surface area (Å²) in [5.74, 6) is 1.67. The Hall–Kier alpha value is -2.37. The highest BCUT2D eigenvalue weighted by Gasteiger charge is 2.10. The quantitative estimate of drug-likeness (QED) is 0.700. The molecule has 0 radical (unpaired) electrons. The maximum absolute atomic E-state index is 5.97. The lowest BCUT2D eigenvalue weighted by atomic mass is 10.2. The van der Waals surface area contributed by atoms with Crippen LogP contribution in [0, 0.1) is 6.92 Å². The first-order valence-electron chi connectivity index (χ1n) is 8.20. The standard InChI is InChI=1S/C19H24N4O/c1-14-4-6-15(7-5-14)24-16-8-9-18-17(12-16)19(22-21-18)13-23(3)11-10-20-2/h4-9,12,20H,10-11,13H2,1-3H3,(H,21,22). The number of hydrogen-bond donors (Lipinski definition) is 2. The summed E-state index contributed by atoms with van der Waals surface area (Å²) in [6.07, 6.45) is 0. The van der Waals surface area contributed by atoms with Crippen LogP contribution in [0.15, 0.2) is 42.5 Å².